The second-order valence-corrected chi connectivity index (χ2v) is 5.11. The fourth-order valence-electron chi connectivity index (χ4n) is 1.87. The number of aliphatic hydroxyl groups is 5. The summed E-state index contributed by atoms with van der Waals surface area (Å²) in [5.74, 6) is 0.938. The van der Waals surface area contributed by atoms with E-state index in [9.17, 15) is 4.79 Å². The van der Waals surface area contributed by atoms with Crippen LogP contribution in [-0.2, 0) is 4.79 Å². The number of nitrogens with one attached hydrogen (secondary N) is 1. The highest BCUT2D eigenvalue weighted by Crippen LogP contribution is 2.17. The summed E-state index contributed by atoms with van der Waals surface area (Å²) in [5, 5.41) is 43.5. The molecule has 8 nitrogen and oxygen atoms in total. The second-order valence-electron chi connectivity index (χ2n) is 5.11. The predicted octanol–water partition coefficient (Wildman–Crippen LogP) is -0.994. The Kier molecular flexibility index (Phi) is 8.24. The lowest BCUT2D eigenvalue weighted by atomic mass is 10.0. The number of nitrogens with zero attached hydrogens (tertiary/aromatic N) is 1. The number of H-pyrrole nitrogens is 1. The molecule has 0 radical (unpaired) electrons. The van der Waals surface area contributed by atoms with Crippen LogP contribution in [0.15, 0.2) is 36.7 Å². The number of rotatable bonds is 6. The third kappa shape index (κ3) is 5.52. The molecule has 0 aliphatic carbocycles. The van der Waals surface area contributed by atoms with Crippen molar-refractivity contribution in [2.45, 2.75) is 31.3 Å². The van der Waals surface area contributed by atoms with Gasteiger partial charge in [-0.25, -0.2) is 4.98 Å². The third-order valence-electron chi connectivity index (χ3n) is 3.32. The average molecular weight is 338 g/mol. The Labute approximate surface area is 139 Å². The minimum absolute atomic E-state index is 0.0258. The van der Waals surface area contributed by atoms with Crippen LogP contribution in [0.25, 0.3) is 11.4 Å². The second kappa shape index (κ2) is 9.91. The Morgan fingerprint density at radius 1 is 1.17 bits per heavy atom. The number of carbonyl (C=O) groups is 1. The van der Waals surface area contributed by atoms with E-state index in [1.807, 2.05) is 18.3 Å². The molecule has 2 aromatic rings. The lowest BCUT2D eigenvalue weighted by molar-refractivity contribution is -0.136. The zero-order valence-electron chi connectivity index (χ0n) is 13.1. The molecule has 6 N–H and O–H groups in total. The highest BCUT2D eigenvalue weighted by atomic mass is 16.4. The molecule has 0 fully saturated rings. The van der Waals surface area contributed by atoms with Crippen LogP contribution < -0.4 is 0 Å². The molecule has 0 saturated carbocycles. The molecule has 0 spiro atoms. The highest BCUT2D eigenvalue weighted by molar-refractivity contribution is 5.59. The maximum Gasteiger partial charge on any atom is 0.151 e. The van der Waals surface area contributed by atoms with E-state index in [-0.39, 0.29) is 6.29 Å². The van der Waals surface area contributed by atoms with Gasteiger partial charge in [-0.2, -0.15) is 0 Å². The van der Waals surface area contributed by atoms with E-state index in [1.54, 1.807) is 6.20 Å². The summed E-state index contributed by atoms with van der Waals surface area (Å²) in [6.07, 6.45) is -3.24. The Hall–Kier alpha value is -2.10. The van der Waals surface area contributed by atoms with Crippen molar-refractivity contribution in [3.05, 3.63) is 42.2 Å². The Bertz CT molecular complexity index is 604. The first-order valence-corrected chi connectivity index (χ1v) is 7.26. The number of aromatic amines is 1. The molecule has 4 unspecified atom stereocenters. The van der Waals surface area contributed by atoms with Gasteiger partial charge in [0.25, 0.3) is 0 Å². The molecule has 0 amide bonds. The van der Waals surface area contributed by atoms with Crippen LogP contribution >= 0.6 is 0 Å². The van der Waals surface area contributed by atoms with Crippen molar-refractivity contribution in [2.24, 2.45) is 0 Å². The van der Waals surface area contributed by atoms with E-state index in [0.29, 0.717) is 0 Å². The van der Waals surface area contributed by atoms with Crippen molar-refractivity contribution in [1.29, 1.82) is 0 Å². The first-order chi connectivity index (χ1) is 11.4. The molecule has 1 aromatic carbocycles. The van der Waals surface area contributed by atoms with Crippen molar-refractivity contribution in [3.63, 3.8) is 0 Å². The van der Waals surface area contributed by atoms with E-state index in [0.717, 1.165) is 5.82 Å². The summed E-state index contributed by atoms with van der Waals surface area (Å²) < 4.78 is 0. The lowest BCUT2D eigenvalue weighted by Crippen LogP contribution is -2.46. The third-order valence-corrected chi connectivity index (χ3v) is 3.32. The Morgan fingerprint density at radius 3 is 2.33 bits per heavy atom. The molecule has 2 rings (SSSR count). The first-order valence-electron chi connectivity index (χ1n) is 7.26. The van der Waals surface area contributed by atoms with Gasteiger partial charge in [-0.1, -0.05) is 24.3 Å². The number of aldehydes is 1. The summed E-state index contributed by atoms with van der Waals surface area (Å²) in [7, 11) is 0. The summed E-state index contributed by atoms with van der Waals surface area (Å²) in [6.45, 7) is 1.32. The summed E-state index contributed by atoms with van der Waals surface area (Å²) in [4.78, 5) is 17.2. The maximum atomic E-state index is 9.90. The number of carbonyl (C=O) groups excluding carboxylic acids is 1. The highest BCUT2D eigenvalue weighted by Gasteiger charge is 2.29. The lowest BCUT2D eigenvalue weighted by Gasteiger charge is -2.22. The van der Waals surface area contributed by atoms with Gasteiger partial charge in [-0.05, 0) is 12.5 Å². The van der Waals surface area contributed by atoms with Gasteiger partial charge < -0.3 is 35.3 Å². The quantitative estimate of drug-likeness (QED) is 0.370. The normalized spacial score (nSPS) is 15.6. The molecule has 0 saturated heterocycles. The topological polar surface area (TPSA) is 147 Å². The molecule has 0 bridgehead atoms. The average Bonchev–Trinajstić information content (AvgIpc) is 3.14. The zero-order valence-corrected chi connectivity index (χ0v) is 13.1. The van der Waals surface area contributed by atoms with Gasteiger partial charge in [-0.3, -0.25) is 0 Å². The van der Waals surface area contributed by atoms with Crippen LogP contribution in [0.5, 0.6) is 0 Å². The van der Waals surface area contributed by atoms with Crippen LogP contribution in [0.3, 0.4) is 0 Å². The van der Waals surface area contributed by atoms with Crippen LogP contribution in [0.4, 0.5) is 0 Å². The van der Waals surface area contributed by atoms with E-state index in [1.165, 1.54) is 11.1 Å². The molecule has 1 aromatic heterocycles. The number of imidazole rings is 1. The van der Waals surface area contributed by atoms with Gasteiger partial charge in [0.15, 0.2) is 6.29 Å². The molecular formula is C16H22N2O6. The molecule has 1 heterocycles. The minimum Gasteiger partial charge on any atom is -0.394 e. The van der Waals surface area contributed by atoms with Gasteiger partial charge in [0, 0.05) is 18.0 Å². The number of hydrogen-bond donors (Lipinski definition) is 6. The molecule has 0 aliphatic heterocycles. The van der Waals surface area contributed by atoms with Crippen LogP contribution in [0.1, 0.15) is 5.56 Å². The van der Waals surface area contributed by atoms with Crippen LogP contribution in [-0.4, -0.2) is 72.8 Å². The van der Waals surface area contributed by atoms with Crippen LogP contribution in [0, 0.1) is 6.92 Å². The number of aliphatic hydroxyl groups excluding tert-OH is 5. The Balaban J connectivity index is 0.000000240. The van der Waals surface area contributed by atoms with Crippen molar-refractivity contribution < 1.29 is 30.3 Å². The summed E-state index contributed by atoms with van der Waals surface area (Å²) in [5.41, 5.74) is 2.41. The SMILES string of the molecule is Cc1ccccc1-c1ncc[nH]1.O=CC(O)C(O)C(O)C(O)CO. The molecule has 8 heteroatoms. The number of hydrogen-bond acceptors (Lipinski definition) is 7. The number of benzene rings is 1. The van der Waals surface area contributed by atoms with Crippen molar-refractivity contribution in [3.8, 4) is 11.4 Å². The monoisotopic (exact) mass is 338 g/mol. The van der Waals surface area contributed by atoms with Gasteiger partial charge in [0.1, 0.15) is 30.2 Å². The van der Waals surface area contributed by atoms with Crippen molar-refractivity contribution >= 4 is 6.29 Å². The fourth-order valence-corrected chi connectivity index (χ4v) is 1.87. The van der Waals surface area contributed by atoms with Crippen molar-refractivity contribution in [1.82, 2.24) is 9.97 Å². The molecule has 0 aliphatic rings. The molecular weight excluding hydrogens is 316 g/mol. The van der Waals surface area contributed by atoms with Gasteiger partial charge in [-0.15, -0.1) is 0 Å². The summed E-state index contributed by atoms with van der Waals surface area (Å²) in [6, 6.07) is 8.19. The van der Waals surface area contributed by atoms with Gasteiger partial charge in [0.05, 0.1) is 6.61 Å². The van der Waals surface area contributed by atoms with Gasteiger partial charge >= 0.3 is 0 Å². The fraction of sp³-hybridized carbons (Fsp3) is 0.375. The van der Waals surface area contributed by atoms with E-state index in [4.69, 9.17) is 25.5 Å². The van der Waals surface area contributed by atoms with E-state index < -0.39 is 31.0 Å². The molecule has 24 heavy (non-hydrogen) atoms. The molecule has 132 valence electrons. The van der Waals surface area contributed by atoms with E-state index >= 15 is 0 Å². The number of aryl methyl sites for hydroxylation is 1. The zero-order chi connectivity index (χ0) is 18.1. The summed E-state index contributed by atoms with van der Waals surface area (Å²) >= 11 is 0. The number of aromatic nitrogens is 2. The largest absolute Gasteiger partial charge is 0.394 e. The smallest absolute Gasteiger partial charge is 0.151 e. The maximum absolute atomic E-state index is 9.90. The molecule has 4 atom stereocenters. The van der Waals surface area contributed by atoms with Crippen LogP contribution in [0.2, 0.25) is 0 Å². The van der Waals surface area contributed by atoms with E-state index in [2.05, 4.69) is 29.0 Å². The minimum atomic E-state index is -1.79. The van der Waals surface area contributed by atoms with Crippen molar-refractivity contribution in [2.75, 3.05) is 6.61 Å². The first kappa shape index (κ1) is 19.9. The predicted molar refractivity (Wildman–Crippen MR) is 85.9 cm³/mol. The Morgan fingerprint density at radius 2 is 1.83 bits per heavy atom. The van der Waals surface area contributed by atoms with Gasteiger partial charge in [0.2, 0.25) is 0 Å². The standard InChI is InChI=1S/C10H10N2.C6H12O6/c1-8-4-2-3-5-9(8)10-11-6-7-12-10;7-1-3(9)5(11)6(12)4(10)2-8/h2-7H,1H3,(H,11,12);1,3-6,8-12H,2H2.